The number of fused-ring (bicyclic) bond motifs is 9. The maximum absolute atomic E-state index is 5.19. The van der Waals surface area contributed by atoms with Gasteiger partial charge in [-0.15, -0.1) is 0 Å². The fourth-order valence-electron chi connectivity index (χ4n) is 11.9. The number of hydrogen-bond donors (Lipinski definition) is 0. The first kappa shape index (κ1) is 41.2. The standard InChI is InChI=1S/C66H51N3/c1-64(2)55-16-10-7-13-49(55)52-34-31-46(37-58(52)64)40-19-25-43(26-20-40)61-67-62(44-27-21-41(22-28-44)47-32-35-53-50-14-8-11-17-56(50)65(3,4)59(53)38-47)69-63(68-61)45-29-23-42(24-30-45)48-33-36-54-51-15-9-12-18-57(51)66(5,6)60(54)39-48/h7-39H,1-6H3. The van der Waals surface area contributed by atoms with Crippen molar-refractivity contribution in [3.8, 4) is 101 Å². The van der Waals surface area contributed by atoms with Gasteiger partial charge in [-0.05, 0) is 118 Å². The van der Waals surface area contributed by atoms with Crippen molar-refractivity contribution in [2.45, 2.75) is 57.8 Å². The zero-order valence-electron chi connectivity index (χ0n) is 39.9. The predicted molar refractivity (Wildman–Crippen MR) is 285 cm³/mol. The summed E-state index contributed by atoms with van der Waals surface area (Å²) >= 11 is 0. The molecule has 0 bridgehead atoms. The molecule has 1 aromatic heterocycles. The van der Waals surface area contributed by atoms with Gasteiger partial charge in [-0.1, -0.05) is 224 Å². The lowest BCUT2D eigenvalue weighted by atomic mass is 9.81. The second-order valence-electron chi connectivity index (χ2n) is 20.8. The average Bonchev–Trinajstić information content (AvgIpc) is 3.87. The van der Waals surface area contributed by atoms with E-state index < -0.39 is 0 Å². The minimum atomic E-state index is -0.0643. The summed E-state index contributed by atoms with van der Waals surface area (Å²) in [7, 11) is 0. The van der Waals surface area contributed by atoms with Crippen LogP contribution < -0.4 is 0 Å². The average molecular weight is 886 g/mol. The highest BCUT2D eigenvalue weighted by Gasteiger charge is 2.37. The molecule has 0 unspecified atom stereocenters. The molecule has 9 aromatic carbocycles. The van der Waals surface area contributed by atoms with Crippen LogP contribution in [0.4, 0.5) is 0 Å². The Balaban J connectivity index is 0.855. The van der Waals surface area contributed by atoms with E-state index in [2.05, 4.69) is 242 Å². The SMILES string of the molecule is CC1(C)c2ccccc2-c2ccc(-c3ccc(-c4nc(-c5ccc(-c6ccc7c(c6)C(C)(C)c6ccccc6-7)cc5)nc(-c5ccc(-c6ccc7c(c6)C(C)(C)c6ccccc6-7)cc5)n4)cc3)cc21. The minimum absolute atomic E-state index is 0.0643. The minimum Gasteiger partial charge on any atom is -0.208 e. The van der Waals surface area contributed by atoms with Gasteiger partial charge in [-0.3, -0.25) is 0 Å². The molecule has 0 amide bonds. The summed E-state index contributed by atoms with van der Waals surface area (Å²) in [5.74, 6) is 1.92. The van der Waals surface area contributed by atoms with Crippen LogP contribution >= 0.6 is 0 Å². The quantitative estimate of drug-likeness (QED) is 0.167. The van der Waals surface area contributed by atoms with Crippen molar-refractivity contribution in [1.82, 2.24) is 15.0 Å². The topological polar surface area (TPSA) is 38.7 Å². The number of aromatic nitrogens is 3. The van der Waals surface area contributed by atoms with Gasteiger partial charge in [-0.25, -0.2) is 15.0 Å². The van der Waals surface area contributed by atoms with E-state index in [0.29, 0.717) is 17.5 Å². The molecule has 1 heterocycles. The molecule has 0 saturated carbocycles. The van der Waals surface area contributed by atoms with Crippen molar-refractivity contribution in [3.05, 3.63) is 234 Å². The Bertz CT molecular complexity index is 3320. The van der Waals surface area contributed by atoms with Crippen LogP contribution in [0.15, 0.2) is 200 Å². The number of rotatable bonds is 6. The lowest BCUT2D eigenvalue weighted by molar-refractivity contribution is 0.660. The van der Waals surface area contributed by atoms with Crippen LogP contribution in [0.5, 0.6) is 0 Å². The first-order valence-electron chi connectivity index (χ1n) is 24.3. The van der Waals surface area contributed by atoms with E-state index in [-0.39, 0.29) is 16.2 Å². The Morgan fingerprint density at radius 2 is 0.435 bits per heavy atom. The molecule has 69 heavy (non-hydrogen) atoms. The van der Waals surface area contributed by atoms with Gasteiger partial charge >= 0.3 is 0 Å². The molecule has 10 aromatic rings. The summed E-state index contributed by atoms with van der Waals surface area (Å²) in [6.45, 7) is 14.0. The Morgan fingerprint density at radius 1 is 0.217 bits per heavy atom. The van der Waals surface area contributed by atoms with Crippen LogP contribution in [-0.4, -0.2) is 15.0 Å². The van der Waals surface area contributed by atoms with Crippen molar-refractivity contribution in [2.24, 2.45) is 0 Å². The third kappa shape index (κ3) is 6.37. The molecule has 0 fully saturated rings. The molecule has 330 valence electrons. The highest BCUT2D eigenvalue weighted by atomic mass is 15.0. The molecule has 3 nitrogen and oxygen atoms in total. The summed E-state index contributed by atoms with van der Waals surface area (Å²) in [5, 5.41) is 0. The number of nitrogens with zero attached hydrogens (tertiary/aromatic N) is 3. The molecule has 0 aliphatic heterocycles. The van der Waals surface area contributed by atoms with E-state index >= 15 is 0 Å². The van der Waals surface area contributed by atoms with Crippen molar-refractivity contribution in [2.75, 3.05) is 0 Å². The summed E-state index contributed by atoms with van der Waals surface area (Å²) in [6, 6.07) is 73.3. The first-order valence-corrected chi connectivity index (χ1v) is 24.3. The van der Waals surface area contributed by atoms with Crippen molar-refractivity contribution in [1.29, 1.82) is 0 Å². The van der Waals surface area contributed by atoms with E-state index in [9.17, 15) is 0 Å². The van der Waals surface area contributed by atoms with E-state index in [1.807, 2.05) is 0 Å². The molecule has 0 N–H and O–H groups in total. The molecular weight excluding hydrogens is 835 g/mol. The van der Waals surface area contributed by atoms with Gasteiger partial charge in [0, 0.05) is 32.9 Å². The monoisotopic (exact) mass is 885 g/mol. The summed E-state index contributed by atoms with van der Waals surface area (Å²) in [6.07, 6.45) is 0. The zero-order valence-corrected chi connectivity index (χ0v) is 39.9. The molecule has 0 saturated heterocycles. The molecular formula is C66H51N3. The van der Waals surface area contributed by atoms with Gasteiger partial charge in [-0.2, -0.15) is 0 Å². The Hall–Kier alpha value is -8.01. The van der Waals surface area contributed by atoms with Crippen LogP contribution in [-0.2, 0) is 16.2 Å². The largest absolute Gasteiger partial charge is 0.208 e. The lowest BCUT2D eigenvalue weighted by Crippen LogP contribution is -2.14. The predicted octanol–water partition coefficient (Wildman–Crippen LogP) is 16.8. The summed E-state index contributed by atoms with van der Waals surface area (Å²) < 4.78 is 0. The normalized spacial score (nSPS) is 14.9. The molecule has 0 radical (unpaired) electrons. The van der Waals surface area contributed by atoms with E-state index in [1.165, 1.54) is 83.5 Å². The van der Waals surface area contributed by atoms with Crippen molar-refractivity contribution >= 4 is 0 Å². The highest BCUT2D eigenvalue weighted by Crippen LogP contribution is 2.52. The fraction of sp³-hybridized carbons (Fsp3) is 0.136. The fourth-order valence-corrected chi connectivity index (χ4v) is 11.9. The molecule has 3 aliphatic rings. The summed E-state index contributed by atoms with van der Waals surface area (Å²) in [4.78, 5) is 15.6. The van der Waals surface area contributed by atoms with Gasteiger partial charge in [0.2, 0.25) is 0 Å². The maximum atomic E-state index is 5.19. The summed E-state index contributed by atoms with van der Waals surface area (Å²) in [5.41, 5.74) is 25.9. The Labute approximate surface area is 405 Å². The zero-order chi connectivity index (χ0) is 46.8. The third-order valence-corrected chi connectivity index (χ3v) is 15.8. The van der Waals surface area contributed by atoms with Gasteiger partial charge in [0.1, 0.15) is 0 Å². The highest BCUT2D eigenvalue weighted by molar-refractivity contribution is 5.87. The first-order chi connectivity index (χ1) is 33.4. The molecule has 0 spiro atoms. The Morgan fingerprint density at radius 3 is 0.710 bits per heavy atom. The van der Waals surface area contributed by atoms with Crippen LogP contribution in [0.2, 0.25) is 0 Å². The van der Waals surface area contributed by atoms with Crippen molar-refractivity contribution in [3.63, 3.8) is 0 Å². The second-order valence-corrected chi connectivity index (χ2v) is 20.8. The Kier molecular flexibility index (Phi) is 8.95. The number of hydrogen-bond acceptors (Lipinski definition) is 3. The molecule has 3 aliphatic carbocycles. The van der Waals surface area contributed by atoms with Gasteiger partial charge in [0.05, 0.1) is 0 Å². The van der Waals surface area contributed by atoms with Crippen LogP contribution in [0, 0.1) is 0 Å². The third-order valence-electron chi connectivity index (χ3n) is 15.8. The number of benzene rings is 9. The van der Waals surface area contributed by atoms with Crippen molar-refractivity contribution < 1.29 is 0 Å². The van der Waals surface area contributed by atoms with E-state index in [0.717, 1.165) is 33.4 Å². The molecule has 3 heteroatoms. The van der Waals surface area contributed by atoms with Crippen LogP contribution in [0.25, 0.3) is 101 Å². The lowest BCUT2D eigenvalue weighted by Gasteiger charge is -2.22. The molecule has 0 atom stereocenters. The van der Waals surface area contributed by atoms with Gasteiger partial charge in [0.25, 0.3) is 0 Å². The smallest absolute Gasteiger partial charge is 0.164 e. The van der Waals surface area contributed by atoms with Gasteiger partial charge < -0.3 is 0 Å². The van der Waals surface area contributed by atoms with Crippen LogP contribution in [0.1, 0.15) is 74.9 Å². The van der Waals surface area contributed by atoms with Gasteiger partial charge in [0.15, 0.2) is 17.5 Å². The van der Waals surface area contributed by atoms with E-state index in [1.54, 1.807) is 0 Å². The second kappa shape index (κ2) is 15.0. The molecule has 13 rings (SSSR count). The van der Waals surface area contributed by atoms with Crippen LogP contribution in [0.3, 0.4) is 0 Å². The maximum Gasteiger partial charge on any atom is 0.164 e. The van der Waals surface area contributed by atoms with E-state index in [4.69, 9.17) is 15.0 Å².